The van der Waals surface area contributed by atoms with E-state index in [9.17, 15) is 10.2 Å². The summed E-state index contributed by atoms with van der Waals surface area (Å²) >= 11 is 0. The number of benzene rings is 1. The van der Waals surface area contributed by atoms with Gasteiger partial charge in [-0.05, 0) is 31.5 Å². The fourth-order valence-electron chi connectivity index (χ4n) is 2.23. The molecule has 2 rings (SSSR count). The van der Waals surface area contributed by atoms with Crippen molar-refractivity contribution >= 4 is 0 Å². The van der Waals surface area contributed by atoms with Crippen LogP contribution < -0.4 is 0 Å². The number of aromatic hydroxyl groups is 1. The lowest BCUT2D eigenvalue weighted by Crippen LogP contribution is -2.44. The van der Waals surface area contributed by atoms with Gasteiger partial charge >= 0.3 is 0 Å². The summed E-state index contributed by atoms with van der Waals surface area (Å²) in [5.41, 5.74) is 0.195. The van der Waals surface area contributed by atoms with E-state index in [2.05, 4.69) is 11.9 Å². The van der Waals surface area contributed by atoms with E-state index in [0.717, 1.165) is 31.5 Å². The normalized spacial score (nSPS) is 20.9. The maximum absolute atomic E-state index is 10.4. The first-order chi connectivity index (χ1) is 7.59. The molecule has 0 aromatic heterocycles. The van der Waals surface area contributed by atoms with Gasteiger partial charge in [0.15, 0.2) is 0 Å². The molecule has 1 fully saturated rings. The largest absolute Gasteiger partial charge is 0.508 e. The molecule has 1 aromatic carbocycles. The van der Waals surface area contributed by atoms with Gasteiger partial charge in [0, 0.05) is 19.5 Å². The zero-order valence-electron chi connectivity index (χ0n) is 9.69. The first-order valence-corrected chi connectivity index (χ1v) is 5.77. The first-order valence-electron chi connectivity index (χ1n) is 5.77. The Morgan fingerprint density at radius 2 is 1.88 bits per heavy atom. The van der Waals surface area contributed by atoms with Crippen LogP contribution in [0.4, 0.5) is 0 Å². The lowest BCUT2D eigenvalue weighted by molar-refractivity contribution is -0.0154. The van der Waals surface area contributed by atoms with Gasteiger partial charge < -0.3 is 15.1 Å². The predicted molar refractivity (Wildman–Crippen MR) is 63.5 cm³/mol. The summed E-state index contributed by atoms with van der Waals surface area (Å²) in [4.78, 5) is 2.22. The second-order valence-electron chi connectivity index (χ2n) is 4.83. The third-order valence-electron chi connectivity index (χ3n) is 3.43. The SMILES string of the molecule is CN1CCC(O)(Cc2ccccc2O)CC1. The number of para-hydroxylation sites is 1. The summed E-state index contributed by atoms with van der Waals surface area (Å²) in [7, 11) is 2.07. The molecule has 0 spiro atoms. The Kier molecular flexibility index (Phi) is 3.17. The molecule has 1 aliphatic rings. The average molecular weight is 221 g/mol. The molecule has 1 saturated heterocycles. The predicted octanol–water partition coefficient (Wildman–Crippen LogP) is 1.39. The van der Waals surface area contributed by atoms with E-state index in [0.29, 0.717) is 6.42 Å². The molecule has 0 bridgehead atoms. The van der Waals surface area contributed by atoms with Crippen molar-refractivity contribution in [3.63, 3.8) is 0 Å². The number of piperidine rings is 1. The number of aliphatic hydroxyl groups is 1. The minimum atomic E-state index is -0.647. The number of phenolic OH excluding ortho intramolecular Hbond substituents is 1. The summed E-state index contributed by atoms with van der Waals surface area (Å²) in [5, 5.41) is 20.1. The Labute approximate surface area is 96.3 Å². The summed E-state index contributed by atoms with van der Waals surface area (Å²) in [6.45, 7) is 1.84. The summed E-state index contributed by atoms with van der Waals surface area (Å²) in [6.07, 6.45) is 2.10. The van der Waals surface area contributed by atoms with Crippen molar-refractivity contribution in [1.82, 2.24) is 4.90 Å². The zero-order valence-corrected chi connectivity index (χ0v) is 9.69. The van der Waals surface area contributed by atoms with Crippen LogP contribution in [0.15, 0.2) is 24.3 Å². The molecule has 16 heavy (non-hydrogen) atoms. The van der Waals surface area contributed by atoms with Crippen LogP contribution >= 0.6 is 0 Å². The van der Waals surface area contributed by atoms with Gasteiger partial charge in [-0.25, -0.2) is 0 Å². The number of rotatable bonds is 2. The van der Waals surface area contributed by atoms with E-state index in [4.69, 9.17) is 0 Å². The maximum atomic E-state index is 10.4. The highest BCUT2D eigenvalue weighted by Gasteiger charge is 2.31. The fourth-order valence-corrected chi connectivity index (χ4v) is 2.23. The number of nitrogens with zero attached hydrogens (tertiary/aromatic N) is 1. The summed E-state index contributed by atoms with van der Waals surface area (Å²) < 4.78 is 0. The van der Waals surface area contributed by atoms with Gasteiger partial charge in [0.1, 0.15) is 5.75 Å². The smallest absolute Gasteiger partial charge is 0.118 e. The molecule has 0 amide bonds. The van der Waals surface area contributed by atoms with Crippen molar-refractivity contribution in [3.05, 3.63) is 29.8 Å². The van der Waals surface area contributed by atoms with Crippen LogP contribution in [0.2, 0.25) is 0 Å². The highest BCUT2D eigenvalue weighted by molar-refractivity contribution is 5.33. The van der Waals surface area contributed by atoms with Gasteiger partial charge in [0.25, 0.3) is 0 Å². The van der Waals surface area contributed by atoms with Crippen molar-refractivity contribution in [3.8, 4) is 5.75 Å². The quantitative estimate of drug-likeness (QED) is 0.793. The third kappa shape index (κ3) is 2.54. The Morgan fingerprint density at radius 1 is 1.25 bits per heavy atom. The van der Waals surface area contributed by atoms with E-state index in [1.165, 1.54) is 0 Å². The second-order valence-corrected chi connectivity index (χ2v) is 4.83. The second kappa shape index (κ2) is 4.44. The molecular formula is C13H19NO2. The Bertz CT molecular complexity index is 357. The van der Waals surface area contributed by atoms with Crippen molar-refractivity contribution in [2.75, 3.05) is 20.1 Å². The Morgan fingerprint density at radius 3 is 2.50 bits per heavy atom. The minimum absolute atomic E-state index is 0.287. The molecule has 0 aliphatic carbocycles. The first kappa shape index (κ1) is 11.4. The average Bonchev–Trinajstić information content (AvgIpc) is 2.27. The van der Waals surface area contributed by atoms with E-state index < -0.39 is 5.60 Å². The van der Waals surface area contributed by atoms with Crippen LogP contribution in [0.25, 0.3) is 0 Å². The fraction of sp³-hybridized carbons (Fsp3) is 0.538. The maximum Gasteiger partial charge on any atom is 0.118 e. The standard InChI is InChI=1S/C13H19NO2/c1-14-8-6-13(16,7-9-14)10-11-4-2-3-5-12(11)15/h2-5,15-16H,6-10H2,1H3. The van der Waals surface area contributed by atoms with Gasteiger partial charge in [-0.2, -0.15) is 0 Å². The molecule has 1 aromatic rings. The van der Waals surface area contributed by atoms with Gasteiger partial charge in [-0.15, -0.1) is 0 Å². The minimum Gasteiger partial charge on any atom is -0.508 e. The zero-order chi connectivity index (χ0) is 11.6. The lowest BCUT2D eigenvalue weighted by Gasteiger charge is -2.36. The van der Waals surface area contributed by atoms with E-state index in [1.54, 1.807) is 12.1 Å². The van der Waals surface area contributed by atoms with E-state index in [1.807, 2.05) is 12.1 Å². The lowest BCUT2D eigenvalue weighted by atomic mass is 9.85. The summed E-state index contributed by atoms with van der Waals surface area (Å²) in [5.74, 6) is 0.287. The number of hydrogen-bond acceptors (Lipinski definition) is 3. The molecule has 88 valence electrons. The molecule has 0 atom stereocenters. The van der Waals surface area contributed by atoms with Crippen molar-refractivity contribution < 1.29 is 10.2 Å². The van der Waals surface area contributed by atoms with Crippen LogP contribution in [0.5, 0.6) is 5.75 Å². The Hall–Kier alpha value is -1.06. The van der Waals surface area contributed by atoms with Crippen LogP contribution in [0.1, 0.15) is 18.4 Å². The highest BCUT2D eigenvalue weighted by Crippen LogP contribution is 2.29. The summed E-state index contributed by atoms with van der Waals surface area (Å²) in [6, 6.07) is 7.25. The van der Waals surface area contributed by atoms with Gasteiger partial charge in [0.05, 0.1) is 5.60 Å². The molecule has 3 heteroatoms. The molecule has 3 nitrogen and oxygen atoms in total. The molecule has 0 saturated carbocycles. The van der Waals surface area contributed by atoms with Crippen LogP contribution in [0, 0.1) is 0 Å². The number of phenols is 1. The van der Waals surface area contributed by atoms with Crippen molar-refractivity contribution in [2.45, 2.75) is 24.9 Å². The van der Waals surface area contributed by atoms with Crippen LogP contribution in [0.3, 0.4) is 0 Å². The number of hydrogen-bond donors (Lipinski definition) is 2. The monoisotopic (exact) mass is 221 g/mol. The molecule has 0 unspecified atom stereocenters. The molecular weight excluding hydrogens is 202 g/mol. The van der Waals surface area contributed by atoms with Gasteiger partial charge in [-0.3, -0.25) is 0 Å². The molecule has 1 aliphatic heterocycles. The van der Waals surface area contributed by atoms with E-state index in [-0.39, 0.29) is 5.75 Å². The topological polar surface area (TPSA) is 43.7 Å². The highest BCUT2D eigenvalue weighted by atomic mass is 16.3. The molecule has 2 N–H and O–H groups in total. The van der Waals surface area contributed by atoms with Crippen molar-refractivity contribution in [2.24, 2.45) is 0 Å². The molecule has 1 heterocycles. The van der Waals surface area contributed by atoms with Crippen molar-refractivity contribution in [1.29, 1.82) is 0 Å². The van der Waals surface area contributed by atoms with Gasteiger partial charge in [-0.1, -0.05) is 18.2 Å². The molecule has 0 radical (unpaired) electrons. The van der Waals surface area contributed by atoms with Crippen LogP contribution in [-0.4, -0.2) is 40.9 Å². The third-order valence-corrected chi connectivity index (χ3v) is 3.43. The Balaban J connectivity index is 2.07. The van der Waals surface area contributed by atoms with E-state index >= 15 is 0 Å². The number of likely N-dealkylation sites (tertiary alicyclic amines) is 1. The van der Waals surface area contributed by atoms with Gasteiger partial charge in [0.2, 0.25) is 0 Å². The van der Waals surface area contributed by atoms with Crippen LogP contribution in [-0.2, 0) is 6.42 Å².